The van der Waals surface area contributed by atoms with Crippen molar-refractivity contribution in [1.82, 2.24) is 9.90 Å². The molecule has 0 N–H and O–H groups in total. The summed E-state index contributed by atoms with van der Waals surface area (Å²) in [4.78, 5) is 2.22. The molecule has 0 aliphatic carbocycles. The maximum absolute atomic E-state index is 12.2. The average Bonchev–Trinajstić information content (AvgIpc) is 2.67. The lowest BCUT2D eigenvalue weighted by Crippen LogP contribution is -2.37. The highest BCUT2D eigenvalue weighted by Crippen LogP contribution is 2.13. The summed E-state index contributed by atoms with van der Waals surface area (Å²) < 4.78 is 0. The van der Waals surface area contributed by atoms with Gasteiger partial charge in [-0.3, -0.25) is 0 Å². The fourth-order valence-corrected chi connectivity index (χ4v) is 2.03. The molecule has 90 valence electrons. The van der Waals surface area contributed by atoms with Gasteiger partial charge < -0.3 is 5.21 Å². The van der Waals surface area contributed by atoms with Gasteiger partial charge in [0.05, 0.1) is 5.10 Å². The minimum absolute atomic E-state index is 0.594. The molecule has 0 unspecified atom stereocenters. The third kappa shape index (κ3) is 1.62. The average molecular weight is 239 g/mol. The lowest BCUT2D eigenvalue weighted by molar-refractivity contribution is -0.664. The number of aryl methyl sites for hydroxylation is 2. The summed E-state index contributed by atoms with van der Waals surface area (Å²) in [6, 6.07) is 13.4. The molecule has 4 nitrogen and oxygen atoms in total. The van der Waals surface area contributed by atoms with Crippen molar-refractivity contribution < 1.29 is 4.85 Å². The van der Waals surface area contributed by atoms with Crippen LogP contribution in [0.2, 0.25) is 0 Å². The standard InChI is InChI=1S/C14H13N3O/c1-10-4-3-5-12(8-10)16-15-13-7-6-11(2)9-14(13)17(16)18/h3-9H,1-2H3. The van der Waals surface area contributed by atoms with Crippen LogP contribution in [-0.2, 0) is 0 Å². The van der Waals surface area contributed by atoms with E-state index in [0.29, 0.717) is 11.0 Å². The van der Waals surface area contributed by atoms with Gasteiger partial charge in [0.15, 0.2) is 0 Å². The second-order valence-corrected chi connectivity index (χ2v) is 4.49. The molecule has 3 rings (SSSR count). The van der Waals surface area contributed by atoms with Crippen molar-refractivity contribution in [3.05, 3.63) is 58.8 Å². The molecule has 0 radical (unpaired) electrons. The largest absolute Gasteiger partial charge is 0.692 e. The molecule has 1 aromatic heterocycles. The van der Waals surface area contributed by atoms with Crippen LogP contribution in [0.1, 0.15) is 11.1 Å². The molecule has 4 heteroatoms. The van der Waals surface area contributed by atoms with Gasteiger partial charge in [0.25, 0.3) is 0 Å². The zero-order valence-corrected chi connectivity index (χ0v) is 10.3. The monoisotopic (exact) mass is 239 g/mol. The van der Waals surface area contributed by atoms with Crippen LogP contribution < -0.4 is 4.85 Å². The normalized spacial score (nSPS) is 11.0. The van der Waals surface area contributed by atoms with Crippen LogP contribution in [0.5, 0.6) is 0 Å². The Morgan fingerprint density at radius 1 is 1.06 bits per heavy atom. The first kappa shape index (κ1) is 10.8. The van der Waals surface area contributed by atoms with Crippen molar-refractivity contribution in [2.75, 3.05) is 0 Å². The van der Waals surface area contributed by atoms with E-state index in [9.17, 15) is 5.21 Å². The van der Waals surface area contributed by atoms with Gasteiger partial charge in [0.2, 0.25) is 11.0 Å². The Hall–Kier alpha value is -2.36. The highest BCUT2D eigenvalue weighted by atomic mass is 16.5. The second-order valence-electron chi connectivity index (χ2n) is 4.49. The van der Waals surface area contributed by atoms with Gasteiger partial charge >= 0.3 is 0 Å². The molecule has 18 heavy (non-hydrogen) atoms. The summed E-state index contributed by atoms with van der Waals surface area (Å²) in [6.45, 7) is 3.95. The summed E-state index contributed by atoms with van der Waals surface area (Å²) >= 11 is 0. The van der Waals surface area contributed by atoms with Crippen LogP contribution in [-0.4, -0.2) is 9.90 Å². The number of hydrogen-bond acceptors (Lipinski definition) is 2. The number of nitrogens with zero attached hydrogens (tertiary/aromatic N) is 3. The first-order valence-corrected chi connectivity index (χ1v) is 5.81. The third-order valence-corrected chi connectivity index (χ3v) is 2.94. The van der Waals surface area contributed by atoms with E-state index in [1.807, 2.05) is 56.3 Å². The Morgan fingerprint density at radius 2 is 1.83 bits per heavy atom. The number of fused-ring (bicyclic) bond motifs is 1. The van der Waals surface area contributed by atoms with Crippen LogP contribution >= 0.6 is 0 Å². The van der Waals surface area contributed by atoms with E-state index in [1.165, 1.54) is 4.80 Å². The number of hydrogen-bond donors (Lipinski definition) is 0. The van der Waals surface area contributed by atoms with E-state index in [-0.39, 0.29) is 0 Å². The molecule has 1 heterocycles. The molecule has 0 fully saturated rings. The fraction of sp³-hybridized carbons (Fsp3) is 0.143. The molecule has 2 aromatic carbocycles. The van der Waals surface area contributed by atoms with Crippen LogP contribution in [0.4, 0.5) is 0 Å². The Labute approximate surface area is 105 Å². The third-order valence-electron chi connectivity index (χ3n) is 2.94. The SMILES string of the molecule is Cc1cccc(-n2nc3ccc(C)cc3[n+]2[O-])c1. The molecule has 0 bridgehead atoms. The second kappa shape index (κ2) is 3.84. The van der Waals surface area contributed by atoms with Crippen LogP contribution in [0.3, 0.4) is 0 Å². The molecule has 0 saturated heterocycles. The topological polar surface area (TPSA) is 44.8 Å². The van der Waals surface area contributed by atoms with Gasteiger partial charge in [-0.2, -0.15) is 0 Å². The van der Waals surface area contributed by atoms with E-state index >= 15 is 0 Å². The van der Waals surface area contributed by atoms with Crippen molar-refractivity contribution in [1.29, 1.82) is 0 Å². The first-order chi connectivity index (χ1) is 8.65. The summed E-state index contributed by atoms with van der Waals surface area (Å²) in [6.07, 6.45) is 0. The lowest BCUT2D eigenvalue weighted by atomic mass is 10.2. The Balaban J connectivity index is 2.27. The Morgan fingerprint density at radius 3 is 2.61 bits per heavy atom. The molecular formula is C14H13N3O. The van der Waals surface area contributed by atoms with Crippen LogP contribution in [0.25, 0.3) is 16.7 Å². The lowest BCUT2D eigenvalue weighted by Gasteiger charge is -2.04. The Kier molecular flexibility index (Phi) is 2.30. The van der Waals surface area contributed by atoms with Gasteiger partial charge in [-0.1, -0.05) is 18.2 Å². The molecule has 0 amide bonds. The molecule has 3 aromatic rings. The number of benzene rings is 2. The van der Waals surface area contributed by atoms with Crippen molar-refractivity contribution in [2.45, 2.75) is 13.8 Å². The fourth-order valence-electron chi connectivity index (χ4n) is 2.03. The summed E-state index contributed by atoms with van der Waals surface area (Å²) in [5.74, 6) is 0. The van der Waals surface area contributed by atoms with Gasteiger partial charge in [0.1, 0.15) is 5.69 Å². The van der Waals surface area contributed by atoms with E-state index in [4.69, 9.17) is 0 Å². The van der Waals surface area contributed by atoms with E-state index in [1.54, 1.807) is 0 Å². The first-order valence-electron chi connectivity index (χ1n) is 5.81. The molecule has 0 atom stereocenters. The number of rotatable bonds is 1. The van der Waals surface area contributed by atoms with Gasteiger partial charge in [0, 0.05) is 0 Å². The van der Waals surface area contributed by atoms with Crippen molar-refractivity contribution in [3.8, 4) is 5.69 Å². The van der Waals surface area contributed by atoms with E-state index < -0.39 is 0 Å². The maximum Gasteiger partial charge on any atom is 0.250 e. The smallest absolute Gasteiger partial charge is 0.250 e. The van der Waals surface area contributed by atoms with Crippen molar-refractivity contribution >= 4 is 11.0 Å². The summed E-state index contributed by atoms with van der Waals surface area (Å²) in [5.41, 5.74) is 4.23. The molecule has 0 aliphatic heterocycles. The predicted molar refractivity (Wildman–Crippen MR) is 69.5 cm³/mol. The predicted octanol–water partition coefficient (Wildman–Crippen LogP) is 2.28. The van der Waals surface area contributed by atoms with Crippen LogP contribution in [0.15, 0.2) is 42.5 Å². The minimum atomic E-state index is 0.594. The zero-order valence-electron chi connectivity index (χ0n) is 10.3. The van der Waals surface area contributed by atoms with Gasteiger partial charge in [-0.25, -0.2) is 0 Å². The van der Waals surface area contributed by atoms with E-state index in [0.717, 1.165) is 21.7 Å². The Bertz CT molecular complexity index is 731. The highest BCUT2D eigenvalue weighted by molar-refractivity contribution is 5.71. The van der Waals surface area contributed by atoms with Gasteiger partial charge in [-0.05, 0) is 54.0 Å². The van der Waals surface area contributed by atoms with Gasteiger partial charge in [-0.15, -0.1) is 4.85 Å². The highest BCUT2D eigenvalue weighted by Gasteiger charge is 2.15. The minimum Gasteiger partial charge on any atom is -0.692 e. The van der Waals surface area contributed by atoms with Crippen LogP contribution in [0, 0.1) is 19.1 Å². The number of aromatic nitrogens is 3. The molecular weight excluding hydrogens is 226 g/mol. The summed E-state index contributed by atoms with van der Waals surface area (Å²) in [5, 5.41) is 16.5. The van der Waals surface area contributed by atoms with E-state index in [2.05, 4.69) is 5.10 Å². The molecule has 0 spiro atoms. The molecule has 0 saturated carbocycles. The van der Waals surface area contributed by atoms with Crippen molar-refractivity contribution in [2.24, 2.45) is 0 Å². The quantitative estimate of drug-likeness (QED) is 0.483. The van der Waals surface area contributed by atoms with Crippen molar-refractivity contribution in [3.63, 3.8) is 0 Å². The maximum atomic E-state index is 12.2. The summed E-state index contributed by atoms with van der Waals surface area (Å²) in [7, 11) is 0. The zero-order chi connectivity index (χ0) is 12.7. The molecule has 0 aliphatic rings.